The van der Waals surface area contributed by atoms with Gasteiger partial charge in [0.25, 0.3) is 0 Å². The summed E-state index contributed by atoms with van der Waals surface area (Å²) in [6, 6.07) is 4.41. The van der Waals surface area contributed by atoms with Gasteiger partial charge in [0, 0.05) is 37.0 Å². The molecule has 0 spiro atoms. The average Bonchev–Trinajstić information content (AvgIpc) is 2.66. The first-order valence-electron chi connectivity index (χ1n) is 7.26. The molecule has 21 heavy (non-hydrogen) atoms. The molecule has 0 aliphatic heterocycles. The second-order valence-electron chi connectivity index (χ2n) is 5.75. The lowest BCUT2D eigenvalue weighted by Gasteiger charge is -2.15. The first-order chi connectivity index (χ1) is 9.86. The third kappa shape index (κ3) is 3.82. The van der Waals surface area contributed by atoms with Gasteiger partial charge in [0.2, 0.25) is 11.8 Å². The zero-order valence-electron chi connectivity index (χ0n) is 13.7. The fraction of sp³-hybridized carbons (Fsp3) is 0.500. The number of aryl methyl sites for hydroxylation is 4. The van der Waals surface area contributed by atoms with E-state index in [0.29, 0.717) is 17.8 Å². The van der Waals surface area contributed by atoms with Crippen molar-refractivity contribution in [2.45, 2.75) is 47.2 Å². The topological polar surface area (TPSA) is 52.0 Å². The predicted octanol–water partition coefficient (Wildman–Crippen LogP) is 3.03. The van der Waals surface area contributed by atoms with Crippen LogP contribution in [0.1, 0.15) is 36.4 Å². The Morgan fingerprint density at radius 1 is 1.19 bits per heavy atom. The van der Waals surface area contributed by atoms with E-state index in [4.69, 9.17) is 4.74 Å². The van der Waals surface area contributed by atoms with Crippen molar-refractivity contribution in [3.63, 3.8) is 0 Å². The summed E-state index contributed by atoms with van der Waals surface area (Å²) in [6.07, 6.45) is 0. The molecule has 1 N–H and O–H groups in total. The monoisotopic (exact) mass is 288 g/mol. The number of ether oxygens (including phenoxy) is 1. The van der Waals surface area contributed by atoms with E-state index < -0.39 is 0 Å². The number of hydrogen-bond donors (Lipinski definition) is 1. The molecular formula is C16H24N4O. The maximum Gasteiger partial charge on any atom is 0.226 e. The Hall–Kier alpha value is -1.88. The van der Waals surface area contributed by atoms with Gasteiger partial charge in [-0.25, -0.2) is 9.67 Å². The van der Waals surface area contributed by atoms with Gasteiger partial charge in [0.15, 0.2) is 0 Å². The number of nitrogens with one attached hydrogen (secondary N) is 1. The van der Waals surface area contributed by atoms with Crippen molar-refractivity contribution in [3.8, 4) is 11.8 Å². The summed E-state index contributed by atoms with van der Waals surface area (Å²) < 4.78 is 7.73. The normalized spacial score (nSPS) is 11.2. The highest BCUT2D eigenvalue weighted by Gasteiger charge is 2.14. The maximum absolute atomic E-state index is 6.00. The predicted molar refractivity (Wildman–Crippen MR) is 83.7 cm³/mol. The molecule has 5 nitrogen and oxygen atoms in total. The lowest BCUT2D eigenvalue weighted by Crippen LogP contribution is -2.23. The Bertz CT molecular complexity index is 631. The highest BCUT2D eigenvalue weighted by molar-refractivity contribution is 5.38. The Labute approximate surface area is 126 Å². The van der Waals surface area contributed by atoms with Crippen molar-refractivity contribution in [1.82, 2.24) is 20.1 Å². The van der Waals surface area contributed by atoms with Gasteiger partial charge in [-0.3, -0.25) is 0 Å². The largest absolute Gasteiger partial charge is 0.421 e. The highest BCUT2D eigenvalue weighted by atomic mass is 16.5. The Morgan fingerprint density at radius 3 is 2.48 bits per heavy atom. The lowest BCUT2D eigenvalue weighted by atomic mass is 10.1. The van der Waals surface area contributed by atoms with Gasteiger partial charge in [-0.1, -0.05) is 13.8 Å². The molecule has 5 heteroatoms. The van der Waals surface area contributed by atoms with Crippen molar-refractivity contribution in [2.75, 3.05) is 0 Å². The average molecular weight is 288 g/mol. The van der Waals surface area contributed by atoms with E-state index in [9.17, 15) is 0 Å². The first kappa shape index (κ1) is 15.5. The summed E-state index contributed by atoms with van der Waals surface area (Å²) in [7, 11) is 1.87. The summed E-state index contributed by atoms with van der Waals surface area (Å²) in [5.74, 6) is 1.36. The molecule has 2 rings (SSSR count). The summed E-state index contributed by atoms with van der Waals surface area (Å²) in [4.78, 5) is 4.55. The summed E-state index contributed by atoms with van der Waals surface area (Å²) in [6.45, 7) is 11.0. The second kappa shape index (κ2) is 6.26. The smallest absolute Gasteiger partial charge is 0.226 e. The minimum Gasteiger partial charge on any atom is -0.421 e. The van der Waals surface area contributed by atoms with Crippen LogP contribution in [-0.2, 0) is 13.6 Å². The van der Waals surface area contributed by atoms with Crippen LogP contribution in [0.4, 0.5) is 0 Å². The fourth-order valence-electron chi connectivity index (χ4n) is 2.22. The molecule has 0 fully saturated rings. The van der Waals surface area contributed by atoms with Gasteiger partial charge in [-0.05, 0) is 32.4 Å². The molecule has 0 saturated heterocycles. The minimum absolute atomic E-state index is 0.414. The quantitative estimate of drug-likeness (QED) is 0.919. The van der Waals surface area contributed by atoms with Crippen LogP contribution < -0.4 is 10.1 Å². The zero-order valence-corrected chi connectivity index (χ0v) is 13.7. The molecule has 0 amide bonds. The SMILES string of the molecule is Cc1cc(C)c(CNC(C)C)c(Oc2cc(C)nn2C)n1. The molecule has 2 aromatic rings. The van der Waals surface area contributed by atoms with E-state index in [-0.39, 0.29) is 0 Å². The van der Waals surface area contributed by atoms with Crippen LogP contribution in [0, 0.1) is 20.8 Å². The molecule has 0 aliphatic rings. The van der Waals surface area contributed by atoms with Crippen LogP contribution in [-0.4, -0.2) is 20.8 Å². The number of pyridine rings is 1. The number of hydrogen-bond acceptors (Lipinski definition) is 4. The van der Waals surface area contributed by atoms with Crippen LogP contribution in [0.5, 0.6) is 11.8 Å². The summed E-state index contributed by atoms with van der Waals surface area (Å²) >= 11 is 0. The van der Waals surface area contributed by atoms with Gasteiger partial charge in [0.1, 0.15) is 0 Å². The van der Waals surface area contributed by atoms with Crippen molar-refractivity contribution in [3.05, 3.63) is 34.6 Å². The number of aromatic nitrogens is 3. The molecule has 2 aromatic heterocycles. The highest BCUT2D eigenvalue weighted by Crippen LogP contribution is 2.26. The molecule has 0 unspecified atom stereocenters. The molecule has 0 bridgehead atoms. The Kier molecular flexibility index (Phi) is 4.63. The van der Waals surface area contributed by atoms with E-state index in [1.165, 1.54) is 5.56 Å². The molecule has 0 aliphatic carbocycles. The standard InChI is InChI=1S/C16H24N4O/c1-10(2)17-9-14-11(3)7-12(4)18-16(14)21-15-8-13(5)19-20(15)6/h7-8,10,17H,9H2,1-6H3. The molecule has 2 heterocycles. The molecule has 0 aromatic carbocycles. The lowest BCUT2D eigenvalue weighted by molar-refractivity contribution is 0.406. The van der Waals surface area contributed by atoms with Crippen molar-refractivity contribution >= 4 is 0 Å². The van der Waals surface area contributed by atoms with E-state index >= 15 is 0 Å². The fourth-order valence-corrected chi connectivity index (χ4v) is 2.22. The van der Waals surface area contributed by atoms with Crippen LogP contribution in [0.2, 0.25) is 0 Å². The third-order valence-corrected chi connectivity index (χ3v) is 3.28. The molecule has 0 atom stereocenters. The van der Waals surface area contributed by atoms with Crippen LogP contribution in [0.25, 0.3) is 0 Å². The van der Waals surface area contributed by atoms with Crippen LogP contribution in [0.15, 0.2) is 12.1 Å². The van der Waals surface area contributed by atoms with Gasteiger partial charge in [0.05, 0.1) is 5.69 Å². The molecule has 0 radical (unpaired) electrons. The first-order valence-corrected chi connectivity index (χ1v) is 7.26. The van der Waals surface area contributed by atoms with Gasteiger partial charge in [-0.2, -0.15) is 5.10 Å². The van der Waals surface area contributed by atoms with Gasteiger partial charge >= 0.3 is 0 Å². The van der Waals surface area contributed by atoms with E-state index in [1.807, 2.05) is 27.0 Å². The zero-order chi connectivity index (χ0) is 15.6. The molecule has 0 saturated carbocycles. The molecule has 114 valence electrons. The number of rotatable bonds is 5. The van der Waals surface area contributed by atoms with E-state index in [0.717, 1.165) is 23.5 Å². The summed E-state index contributed by atoms with van der Waals surface area (Å²) in [5.41, 5.74) is 4.16. The second-order valence-corrected chi connectivity index (χ2v) is 5.75. The minimum atomic E-state index is 0.414. The van der Waals surface area contributed by atoms with Crippen molar-refractivity contribution in [2.24, 2.45) is 7.05 Å². The number of nitrogens with zero attached hydrogens (tertiary/aromatic N) is 3. The Morgan fingerprint density at radius 2 is 1.90 bits per heavy atom. The van der Waals surface area contributed by atoms with Crippen molar-refractivity contribution < 1.29 is 4.74 Å². The van der Waals surface area contributed by atoms with Gasteiger partial charge in [-0.15, -0.1) is 0 Å². The Balaban J connectivity index is 2.34. The summed E-state index contributed by atoms with van der Waals surface area (Å²) in [5, 5.41) is 7.73. The van der Waals surface area contributed by atoms with Crippen molar-refractivity contribution in [1.29, 1.82) is 0 Å². The maximum atomic E-state index is 6.00. The molecular weight excluding hydrogens is 264 g/mol. The van der Waals surface area contributed by atoms with E-state index in [1.54, 1.807) is 4.68 Å². The third-order valence-electron chi connectivity index (χ3n) is 3.28. The van der Waals surface area contributed by atoms with Crippen LogP contribution >= 0.6 is 0 Å². The van der Waals surface area contributed by atoms with E-state index in [2.05, 4.69) is 42.2 Å². The van der Waals surface area contributed by atoms with Gasteiger partial charge < -0.3 is 10.1 Å². The van der Waals surface area contributed by atoms with Crippen LogP contribution in [0.3, 0.4) is 0 Å².